The lowest BCUT2D eigenvalue weighted by molar-refractivity contribution is 0.252. The summed E-state index contributed by atoms with van der Waals surface area (Å²) in [6.07, 6.45) is 3.98. The molecule has 2 aliphatic rings. The standard InChI is InChI=1S/C9H10ClN3O/c1-13-7-6(4-11-8(10)12-7)14-5-9(13)2-3-9/h4H,2-3,5H2,1H3. The van der Waals surface area contributed by atoms with Crippen LogP contribution >= 0.6 is 11.6 Å². The highest BCUT2D eigenvalue weighted by Gasteiger charge is 2.51. The van der Waals surface area contributed by atoms with E-state index in [9.17, 15) is 0 Å². The van der Waals surface area contributed by atoms with Crippen LogP contribution in [0.1, 0.15) is 12.8 Å². The molecule has 5 heteroatoms. The van der Waals surface area contributed by atoms with Crippen molar-refractivity contribution >= 4 is 17.4 Å². The average molecular weight is 212 g/mol. The minimum absolute atomic E-state index is 0.185. The molecule has 74 valence electrons. The first kappa shape index (κ1) is 8.29. The molecule has 0 aromatic carbocycles. The van der Waals surface area contributed by atoms with Crippen molar-refractivity contribution in [3.63, 3.8) is 0 Å². The van der Waals surface area contributed by atoms with E-state index in [0.29, 0.717) is 0 Å². The number of hydrogen-bond acceptors (Lipinski definition) is 4. The first-order valence-corrected chi connectivity index (χ1v) is 4.98. The SMILES string of the molecule is CN1c2nc(Cl)ncc2OCC12CC2. The molecule has 1 saturated carbocycles. The lowest BCUT2D eigenvalue weighted by Crippen LogP contribution is -2.43. The molecule has 0 amide bonds. The van der Waals surface area contributed by atoms with Gasteiger partial charge in [-0.15, -0.1) is 0 Å². The van der Waals surface area contributed by atoms with Gasteiger partial charge in [0.1, 0.15) is 6.61 Å². The maximum atomic E-state index is 5.75. The van der Waals surface area contributed by atoms with Gasteiger partial charge in [0.25, 0.3) is 0 Å². The van der Waals surface area contributed by atoms with Gasteiger partial charge in [0.15, 0.2) is 11.6 Å². The molecule has 2 heterocycles. The van der Waals surface area contributed by atoms with Gasteiger partial charge in [-0.05, 0) is 24.4 Å². The number of fused-ring (bicyclic) bond motifs is 1. The molecule has 1 aromatic rings. The summed E-state index contributed by atoms with van der Waals surface area (Å²) in [5.41, 5.74) is 0.185. The molecule has 3 rings (SSSR count). The smallest absolute Gasteiger partial charge is 0.224 e. The van der Waals surface area contributed by atoms with Crippen LogP contribution < -0.4 is 9.64 Å². The molecular formula is C9H10ClN3O. The molecule has 0 N–H and O–H groups in total. The molecule has 0 bridgehead atoms. The number of anilines is 1. The lowest BCUT2D eigenvalue weighted by Gasteiger charge is -2.34. The van der Waals surface area contributed by atoms with Crippen LogP contribution in [0.2, 0.25) is 5.28 Å². The molecule has 1 aliphatic heterocycles. The summed E-state index contributed by atoms with van der Waals surface area (Å²) in [5.74, 6) is 1.54. The number of aromatic nitrogens is 2. The van der Waals surface area contributed by atoms with Gasteiger partial charge < -0.3 is 9.64 Å². The van der Waals surface area contributed by atoms with Gasteiger partial charge in [0.2, 0.25) is 5.28 Å². The highest BCUT2D eigenvalue weighted by atomic mass is 35.5. The van der Waals surface area contributed by atoms with Crippen molar-refractivity contribution in [2.75, 3.05) is 18.6 Å². The molecule has 1 fully saturated rings. The Morgan fingerprint density at radius 2 is 2.36 bits per heavy atom. The van der Waals surface area contributed by atoms with Crippen LogP contribution in [0.5, 0.6) is 5.75 Å². The van der Waals surface area contributed by atoms with Crippen molar-refractivity contribution in [2.24, 2.45) is 0 Å². The van der Waals surface area contributed by atoms with Gasteiger partial charge in [0, 0.05) is 7.05 Å². The Labute approximate surface area is 86.9 Å². The minimum atomic E-state index is 0.185. The molecular weight excluding hydrogens is 202 g/mol. The summed E-state index contributed by atoms with van der Waals surface area (Å²) in [7, 11) is 2.04. The van der Waals surface area contributed by atoms with Gasteiger partial charge in [-0.3, -0.25) is 0 Å². The maximum Gasteiger partial charge on any atom is 0.224 e. The van der Waals surface area contributed by atoms with Crippen LogP contribution in [0.25, 0.3) is 0 Å². The van der Waals surface area contributed by atoms with Crippen molar-refractivity contribution in [1.82, 2.24) is 9.97 Å². The second-order valence-electron chi connectivity index (χ2n) is 3.90. The molecule has 0 atom stereocenters. The second-order valence-corrected chi connectivity index (χ2v) is 4.24. The predicted octanol–water partition coefficient (Wildman–Crippen LogP) is 1.49. The number of hydrogen-bond donors (Lipinski definition) is 0. The monoisotopic (exact) mass is 211 g/mol. The van der Waals surface area contributed by atoms with E-state index in [-0.39, 0.29) is 10.8 Å². The number of rotatable bonds is 0. The third-order valence-corrected chi connectivity index (χ3v) is 3.24. The molecule has 4 nitrogen and oxygen atoms in total. The molecule has 0 saturated heterocycles. The number of halogens is 1. The number of nitrogens with zero attached hydrogens (tertiary/aromatic N) is 3. The Morgan fingerprint density at radius 3 is 3.07 bits per heavy atom. The van der Waals surface area contributed by atoms with E-state index in [2.05, 4.69) is 14.9 Å². The maximum absolute atomic E-state index is 5.75. The van der Waals surface area contributed by atoms with Crippen molar-refractivity contribution in [3.05, 3.63) is 11.5 Å². The fourth-order valence-corrected chi connectivity index (χ4v) is 1.97. The third kappa shape index (κ3) is 1.00. The normalized spacial score (nSPS) is 21.7. The zero-order valence-corrected chi connectivity index (χ0v) is 8.58. The second kappa shape index (κ2) is 2.51. The van der Waals surface area contributed by atoms with Crippen molar-refractivity contribution in [3.8, 4) is 5.75 Å². The first-order valence-electron chi connectivity index (χ1n) is 4.60. The molecule has 14 heavy (non-hydrogen) atoms. The van der Waals surface area contributed by atoms with E-state index in [1.54, 1.807) is 6.20 Å². The molecule has 0 radical (unpaired) electrons. The fourth-order valence-electron chi connectivity index (χ4n) is 1.84. The minimum Gasteiger partial charge on any atom is -0.486 e. The zero-order valence-electron chi connectivity index (χ0n) is 7.83. The summed E-state index contributed by atoms with van der Waals surface area (Å²) in [6.45, 7) is 0.738. The fraction of sp³-hybridized carbons (Fsp3) is 0.556. The summed E-state index contributed by atoms with van der Waals surface area (Å²) in [6, 6.07) is 0. The topological polar surface area (TPSA) is 38.2 Å². The van der Waals surface area contributed by atoms with Crippen LogP contribution in [0.4, 0.5) is 5.82 Å². The van der Waals surface area contributed by atoms with Crippen LogP contribution in [0, 0.1) is 0 Å². The van der Waals surface area contributed by atoms with E-state index >= 15 is 0 Å². The number of likely N-dealkylation sites (N-methyl/N-ethyl adjacent to an activating group) is 1. The highest BCUT2D eigenvalue weighted by molar-refractivity contribution is 6.28. The third-order valence-electron chi connectivity index (χ3n) is 3.06. The van der Waals surface area contributed by atoms with E-state index < -0.39 is 0 Å². The summed E-state index contributed by atoms with van der Waals surface area (Å²) in [4.78, 5) is 10.2. The highest BCUT2D eigenvalue weighted by Crippen LogP contribution is 2.48. The summed E-state index contributed by atoms with van der Waals surface area (Å²) < 4.78 is 5.60. The summed E-state index contributed by atoms with van der Waals surface area (Å²) >= 11 is 5.75. The van der Waals surface area contributed by atoms with E-state index in [0.717, 1.165) is 18.2 Å². The lowest BCUT2D eigenvalue weighted by atomic mass is 10.2. The quantitative estimate of drug-likeness (QED) is 0.610. The van der Waals surface area contributed by atoms with Crippen LogP contribution in [0.3, 0.4) is 0 Å². The Bertz CT molecular complexity index is 392. The van der Waals surface area contributed by atoms with Gasteiger partial charge in [-0.25, -0.2) is 4.98 Å². The number of ether oxygens (including phenoxy) is 1. The predicted molar refractivity (Wildman–Crippen MR) is 52.9 cm³/mol. The Balaban J connectivity index is 2.09. The molecule has 1 spiro atoms. The van der Waals surface area contributed by atoms with Crippen LogP contribution in [-0.4, -0.2) is 29.2 Å². The van der Waals surface area contributed by atoms with Crippen molar-refractivity contribution in [1.29, 1.82) is 0 Å². The Hall–Kier alpha value is -1.03. The molecule has 1 aliphatic carbocycles. The zero-order chi connectivity index (χ0) is 9.76. The molecule has 1 aromatic heterocycles. The van der Waals surface area contributed by atoms with Gasteiger partial charge in [0.05, 0.1) is 11.7 Å². The van der Waals surface area contributed by atoms with E-state index in [1.165, 1.54) is 12.8 Å². The Morgan fingerprint density at radius 1 is 1.57 bits per heavy atom. The van der Waals surface area contributed by atoms with E-state index in [4.69, 9.17) is 16.3 Å². The largest absolute Gasteiger partial charge is 0.486 e. The van der Waals surface area contributed by atoms with Gasteiger partial charge >= 0.3 is 0 Å². The van der Waals surface area contributed by atoms with Crippen molar-refractivity contribution < 1.29 is 4.74 Å². The first-order chi connectivity index (χ1) is 6.71. The van der Waals surface area contributed by atoms with Crippen LogP contribution in [0.15, 0.2) is 6.20 Å². The Kier molecular flexibility index (Phi) is 1.49. The van der Waals surface area contributed by atoms with Gasteiger partial charge in [-0.1, -0.05) is 0 Å². The summed E-state index contributed by atoms with van der Waals surface area (Å²) in [5, 5.41) is 0.275. The van der Waals surface area contributed by atoms with Crippen molar-refractivity contribution in [2.45, 2.75) is 18.4 Å². The van der Waals surface area contributed by atoms with E-state index in [1.807, 2.05) is 7.05 Å². The van der Waals surface area contributed by atoms with Crippen LogP contribution in [-0.2, 0) is 0 Å². The molecule has 0 unspecified atom stereocenters. The average Bonchev–Trinajstić information content (AvgIpc) is 2.94. The van der Waals surface area contributed by atoms with Gasteiger partial charge in [-0.2, -0.15) is 4.98 Å².